The molecule has 0 bridgehead atoms. The van der Waals surface area contributed by atoms with Crippen LogP contribution in [0.2, 0.25) is 0 Å². The standard InChI is InChI=1S/C17H12N2O/c20-14-6-3-5-13(10-14)16-11-19-9-8-12-4-1-2-7-15(12)17(19)18-16/h1-11,20H. The quantitative estimate of drug-likeness (QED) is 0.564. The third-order valence-corrected chi connectivity index (χ3v) is 3.49. The SMILES string of the molecule is Oc1cccc(-c2cn3ccc4ccccc4c3n2)c1. The van der Waals surface area contributed by atoms with Crippen LogP contribution in [-0.2, 0) is 0 Å². The third kappa shape index (κ3) is 1.64. The summed E-state index contributed by atoms with van der Waals surface area (Å²) in [6.07, 6.45) is 3.99. The number of phenols is 1. The van der Waals surface area contributed by atoms with Crippen LogP contribution in [0.3, 0.4) is 0 Å². The first-order valence-corrected chi connectivity index (χ1v) is 6.47. The largest absolute Gasteiger partial charge is 0.508 e. The molecule has 96 valence electrons. The van der Waals surface area contributed by atoms with Crippen LogP contribution in [0.5, 0.6) is 5.75 Å². The van der Waals surface area contributed by atoms with Crippen LogP contribution in [0.15, 0.2) is 67.0 Å². The number of rotatable bonds is 1. The minimum Gasteiger partial charge on any atom is -0.508 e. The molecule has 20 heavy (non-hydrogen) atoms. The normalized spacial score (nSPS) is 11.2. The molecule has 0 saturated carbocycles. The van der Waals surface area contributed by atoms with E-state index in [4.69, 9.17) is 4.98 Å². The number of hydrogen-bond donors (Lipinski definition) is 1. The second-order valence-electron chi connectivity index (χ2n) is 4.81. The molecule has 0 saturated heterocycles. The van der Waals surface area contributed by atoms with Crippen molar-refractivity contribution in [1.29, 1.82) is 0 Å². The van der Waals surface area contributed by atoms with Gasteiger partial charge < -0.3 is 9.51 Å². The fraction of sp³-hybridized carbons (Fsp3) is 0. The first-order valence-electron chi connectivity index (χ1n) is 6.47. The summed E-state index contributed by atoms with van der Waals surface area (Å²) in [5.41, 5.74) is 2.71. The molecule has 2 heterocycles. The van der Waals surface area contributed by atoms with E-state index in [0.717, 1.165) is 22.3 Å². The summed E-state index contributed by atoms with van der Waals surface area (Å²) in [4.78, 5) is 4.70. The van der Waals surface area contributed by atoms with Crippen molar-refractivity contribution in [3.8, 4) is 17.0 Å². The lowest BCUT2D eigenvalue weighted by Crippen LogP contribution is -1.83. The second-order valence-corrected chi connectivity index (χ2v) is 4.81. The molecular formula is C17H12N2O. The van der Waals surface area contributed by atoms with Crippen LogP contribution in [0.25, 0.3) is 27.7 Å². The number of aromatic nitrogens is 2. The third-order valence-electron chi connectivity index (χ3n) is 3.49. The molecule has 3 nitrogen and oxygen atoms in total. The van der Waals surface area contributed by atoms with Crippen LogP contribution < -0.4 is 0 Å². The molecule has 4 rings (SSSR count). The minimum absolute atomic E-state index is 0.254. The van der Waals surface area contributed by atoms with Gasteiger partial charge in [0.2, 0.25) is 0 Å². The van der Waals surface area contributed by atoms with E-state index in [-0.39, 0.29) is 5.75 Å². The van der Waals surface area contributed by atoms with Crippen LogP contribution >= 0.6 is 0 Å². The number of pyridine rings is 1. The van der Waals surface area contributed by atoms with Gasteiger partial charge in [-0.05, 0) is 23.6 Å². The lowest BCUT2D eigenvalue weighted by atomic mass is 10.1. The van der Waals surface area contributed by atoms with Crippen LogP contribution in [0.4, 0.5) is 0 Å². The predicted molar refractivity (Wildman–Crippen MR) is 79.8 cm³/mol. The van der Waals surface area contributed by atoms with Crippen LogP contribution in [0, 0.1) is 0 Å². The summed E-state index contributed by atoms with van der Waals surface area (Å²) in [7, 11) is 0. The lowest BCUT2D eigenvalue weighted by Gasteiger charge is -1.98. The number of benzene rings is 2. The Bertz CT molecular complexity index is 924. The smallest absolute Gasteiger partial charge is 0.145 e. The van der Waals surface area contributed by atoms with E-state index in [1.54, 1.807) is 12.1 Å². The number of fused-ring (bicyclic) bond motifs is 3. The van der Waals surface area contributed by atoms with Gasteiger partial charge in [-0.15, -0.1) is 0 Å². The van der Waals surface area contributed by atoms with Gasteiger partial charge in [0.15, 0.2) is 0 Å². The Morgan fingerprint density at radius 3 is 2.75 bits per heavy atom. The van der Waals surface area contributed by atoms with E-state index in [2.05, 4.69) is 18.2 Å². The van der Waals surface area contributed by atoms with Gasteiger partial charge in [0.1, 0.15) is 11.4 Å². The van der Waals surface area contributed by atoms with E-state index >= 15 is 0 Å². The van der Waals surface area contributed by atoms with Gasteiger partial charge in [-0.25, -0.2) is 4.98 Å². The summed E-state index contributed by atoms with van der Waals surface area (Å²) in [6, 6.07) is 17.4. The number of hydrogen-bond acceptors (Lipinski definition) is 2. The topological polar surface area (TPSA) is 37.5 Å². The first kappa shape index (κ1) is 11.1. The highest BCUT2D eigenvalue weighted by molar-refractivity contribution is 5.94. The molecule has 0 aliphatic heterocycles. The molecule has 2 aromatic carbocycles. The van der Waals surface area contributed by atoms with Crippen LogP contribution in [0.1, 0.15) is 0 Å². The average Bonchev–Trinajstić information content (AvgIpc) is 2.92. The lowest BCUT2D eigenvalue weighted by molar-refractivity contribution is 0.475. The molecule has 0 amide bonds. The maximum Gasteiger partial charge on any atom is 0.145 e. The van der Waals surface area contributed by atoms with Crippen molar-refractivity contribution in [3.05, 3.63) is 67.0 Å². The summed E-state index contributed by atoms with van der Waals surface area (Å²) in [6.45, 7) is 0. The molecule has 0 unspecified atom stereocenters. The molecule has 0 fully saturated rings. The minimum atomic E-state index is 0.254. The maximum absolute atomic E-state index is 9.59. The van der Waals surface area contributed by atoms with E-state index < -0.39 is 0 Å². The Kier molecular flexibility index (Phi) is 2.27. The number of imidazole rings is 1. The van der Waals surface area contributed by atoms with Gasteiger partial charge in [-0.2, -0.15) is 0 Å². The molecule has 3 heteroatoms. The van der Waals surface area contributed by atoms with Gasteiger partial charge in [-0.1, -0.05) is 36.4 Å². The zero-order valence-electron chi connectivity index (χ0n) is 10.7. The van der Waals surface area contributed by atoms with E-state index in [0.29, 0.717) is 0 Å². The molecule has 0 atom stereocenters. The molecule has 0 aliphatic rings. The zero-order chi connectivity index (χ0) is 13.5. The average molecular weight is 260 g/mol. The van der Waals surface area contributed by atoms with Crippen molar-refractivity contribution < 1.29 is 5.11 Å². The van der Waals surface area contributed by atoms with Crippen molar-refractivity contribution in [2.75, 3.05) is 0 Å². The van der Waals surface area contributed by atoms with Gasteiger partial charge in [-0.3, -0.25) is 0 Å². The van der Waals surface area contributed by atoms with Gasteiger partial charge in [0.05, 0.1) is 5.69 Å². The summed E-state index contributed by atoms with van der Waals surface area (Å²) < 4.78 is 2.02. The van der Waals surface area contributed by atoms with Crippen molar-refractivity contribution in [3.63, 3.8) is 0 Å². The maximum atomic E-state index is 9.59. The number of phenolic OH excluding ortho intramolecular Hbond substituents is 1. The first-order chi connectivity index (χ1) is 9.81. The summed E-state index contributed by atoms with van der Waals surface area (Å²) >= 11 is 0. The zero-order valence-corrected chi connectivity index (χ0v) is 10.7. The fourth-order valence-electron chi connectivity index (χ4n) is 2.52. The predicted octanol–water partition coefficient (Wildman–Crippen LogP) is 3.86. The molecule has 4 aromatic rings. The van der Waals surface area contributed by atoms with Gasteiger partial charge in [0, 0.05) is 23.3 Å². The highest BCUT2D eigenvalue weighted by atomic mass is 16.3. The molecular weight excluding hydrogens is 248 g/mol. The number of aromatic hydroxyl groups is 1. The molecule has 0 aliphatic carbocycles. The van der Waals surface area contributed by atoms with E-state index in [9.17, 15) is 5.11 Å². The fourth-order valence-corrected chi connectivity index (χ4v) is 2.52. The van der Waals surface area contributed by atoms with Gasteiger partial charge in [0.25, 0.3) is 0 Å². The molecule has 0 spiro atoms. The van der Waals surface area contributed by atoms with Crippen molar-refractivity contribution in [1.82, 2.24) is 9.38 Å². The van der Waals surface area contributed by atoms with Crippen LogP contribution in [-0.4, -0.2) is 14.5 Å². The van der Waals surface area contributed by atoms with E-state index in [1.807, 2.05) is 41.1 Å². The Morgan fingerprint density at radius 2 is 1.85 bits per heavy atom. The Hall–Kier alpha value is -2.81. The summed E-state index contributed by atoms with van der Waals surface area (Å²) in [5.74, 6) is 0.254. The van der Waals surface area contributed by atoms with E-state index in [1.165, 1.54) is 5.39 Å². The van der Waals surface area contributed by atoms with Crippen molar-refractivity contribution >= 4 is 16.4 Å². The Morgan fingerprint density at radius 1 is 0.950 bits per heavy atom. The monoisotopic (exact) mass is 260 g/mol. The van der Waals surface area contributed by atoms with Gasteiger partial charge >= 0.3 is 0 Å². The summed E-state index contributed by atoms with van der Waals surface area (Å²) in [5, 5.41) is 11.9. The Balaban J connectivity index is 2.01. The highest BCUT2D eigenvalue weighted by Crippen LogP contribution is 2.26. The number of nitrogens with zero attached hydrogens (tertiary/aromatic N) is 2. The van der Waals surface area contributed by atoms with Crippen molar-refractivity contribution in [2.45, 2.75) is 0 Å². The molecule has 0 radical (unpaired) electrons. The highest BCUT2D eigenvalue weighted by Gasteiger charge is 2.07. The molecule has 2 aromatic heterocycles. The molecule has 1 N–H and O–H groups in total. The second kappa shape index (κ2) is 4.10. The van der Waals surface area contributed by atoms with Crippen molar-refractivity contribution in [2.24, 2.45) is 0 Å². The Labute approximate surface area is 115 Å².